The lowest BCUT2D eigenvalue weighted by Gasteiger charge is -2.36. The van der Waals surface area contributed by atoms with Crippen LogP contribution >= 0.6 is 0 Å². The molecule has 0 aliphatic carbocycles. The zero-order valence-electron chi connectivity index (χ0n) is 17.9. The molecule has 0 spiro atoms. The predicted octanol–water partition coefficient (Wildman–Crippen LogP) is 2.38. The molecule has 166 valence electrons. The largest absolute Gasteiger partial charge is 0.467 e. The van der Waals surface area contributed by atoms with Gasteiger partial charge in [0.25, 0.3) is 0 Å². The number of benzene rings is 1. The first-order chi connectivity index (χ1) is 15.2. The summed E-state index contributed by atoms with van der Waals surface area (Å²) in [7, 11) is 0. The van der Waals surface area contributed by atoms with Crippen molar-refractivity contribution in [3.63, 3.8) is 0 Å². The van der Waals surface area contributed by atoms with Crippen molar-refractivity contribution in [1.82, 2.24) is 14.7 Å². The summed E-state index contributed by atoms with van der Waals surface area (Å²) in [4.78, 5) is 32.0. The van der Waals surface area contributed by atoms with E-state index in [2.05, 4.69) is 4.90 Å². The Labute approximate surface area is 183 Å². The number of ether oxygens (including phenoxy) is 1. The van der Waals surface area contributed by atoms with Crippen LogP contribution in [0.15, 0.2) is 53.1 Å². The van der Waals surface area contributed by atoms with Gasteiger partial charge >= 0.3 is 0 Å². The Morgan fingerprint density at radius 2 is 1.81 bits per heavy atom. The van der Waals surface area contributed by atoms with E-state index in [1.807, 2.05) is 52.3 Å². The molecule has 2 aromatic rings. The van der Waals surface area contributed by atoms with Crippen LogP contribution < -0.4 is 0 Å². The summed E-state index contributed by atoms with van der Waals surface area (Å²) in [5.74, 6) is 0.993. The van der Waals surface area contributed by atoms with E-state index < -0.39 is 0 Å². The van der Waals surface area contributed by atoms with Crippen LogP contribution in [0.1, 0.15) is 24.2 Å². The summed E-state index contributed by atoms with van der Waals surface area (Å²) in [5.41, 5.74) is 1.08. The lowest BCUT2D eigenvalue weighted by atomic mass is 9.96. The van der Waals surface area contributed by atoms with Crippen molar-refractivity contribution in [1.29, 1.82) is 0 Å². The summed E-state index contributed by atoms with van der Waals surface area (Å²) >= 11 is 0. The number of furan rings is 1. The van der Waals surface area contributed by atoms with Gasteiger partial charge in [0.1, 0.15) is 5.76 Å². The minimum atomic E-state index is -0.0349. The lowest BCUT2D eigenvalue weighted by Crippen LogP contribution is -2.50. The molecule has 7 heteroatoms. The van der Waals surface area contributed by atoms with E-state index in [0.717, 1.165) is 30.7 Å². The second-order valence-corrected chi connectivity index (χ2v) is 8.33. The molecule has 2 aliphatic heterocycles. The number of carbonyl (C=O) groups excluding carboxylic acids is 2. The Hall–Kier alpha value is -2.64. The van der Waals surface area contributed by atoms with Crippen LogP contribution in [0.4, 0.5) is 0 Å². The highest BCUT2D eigenvalue weighted by atomic mass is 16.5. The number of rotatable bonds is 7. The molecule has 2 aliphatic rings. The Morgan fingerprint density at radius 3 is 2.55 bits per heavy atom. The topological polar surface area (TPSA) is 66.2 Å². The molecule has 31 heavy (non-hydrogen) atoms. The van der Waals surface area contributed by atoms with Crippen LogP contribution in [0.2, 0.25) is 0 Å². The van der Waals surface area contributed by atoms with Crippen LogP contribution in [0.25, 0.3) is 0 Å². The maximum atomic E-state index is 13.3. The van der Waals surface area contributed by atoms with Gasteiger partial charge < -0.3 is 19.0 Å². The molecular formula is C24H31N3O4. The van der Waals surface area contributed by atoms with Crippen molar-refractivity contribution < 1.29 is 18.7 Å². The van der Waals surface area contributed by atoms with Crippen molar-refractivity contribution >= 4 is 11.8 Å². The van der Waals surface area contributed by atoms with Gasteiger partial charge in [0.15, 0.2) is 0 Å². The molecule has 7 nitrogen and oxygen atoms in total. The number of carbonyl (C=O) groups is 2. The highest BCUT2D eigenvalue weighted by molar-refractivity contribution is 5.80. The van der Waals surface area contributed by atoms with Crippen molar-refractivity contribution in [3.8, 4) is 0 Å². The molecule has 2 amide bonds. The Morgan fingerprint density at radius 1 is 1.00 bits per heavy atom. The SMILES string of the molecule is O=C(CN1CCCC(C(=O)N2CCOCC2)C1)N(Cc1ccccc1)Cc1ccco1. The molecule has 2 fully saturated rings. The third-order valence-electron chi connectivity index (χ3n) is 6.03. The quantitative estimate of drug-likeness (QED) is 0.682. The number of morpholine rings is 1. The van der Waals surface area contributed by atoms with Gasteiger partial charge in [-0.2, -0.15) is 0 Å². The first-order valence-electron chi connectivity index (χ1n) is 11.1. The summed E-state index contributed by atoms with van der Waals surface area (Å²) in [6.45, 7) is 5.34. The molecule has 2 saturated heterocycles. The molecule has 0 radical (unpaired) electrons. The smallest absolute Gasteiger partial charge is 0.237 e. The fourth-order valence-corrected chi connectivity index (χ4v) is 4.36. The number of nitrogens with zero attached hydrogens (tertiary/aromatic N) is 3. The molecule has 0 bridgehead atoms. The second-order valence-electron chi connectivity index (χ2n) is 8.33. The van der Waals surface area contributed by atoms with Crippen LogP contribution in [0.3, 0.4) is 0 Å². The van der Waals surface area contributed by atoms with E-state index in [0.29, 0.717) is 52.5 Å². The summed E-state index contributed by atoms with van der Waals surface area (Å²) in [6.07, 6.45) is 3.46. The lowest BCUT2D eigenvalue weighted by molar-refractivity contribution is -0.143. The number of hydrogen-bond donors (Lipinski definition) is 0. The molecular weight excluding hydrogens is 394 g/mol. The van der Waals surface area contributed by atoms with E-state index in [1.54, 1.807) is 6.26 Å². The highest BCUT2D eigenvalue weighted by Crippen LogP contribution is 2.20. The van der Waals surface area contributed by atoms with E-state index in [-0.39, 0.29) is 17.7 Å². The van der Waals surface area contributed by atoms with Gasteiger partial charge in [-0.15, -0.1) is 0 Å². The Balaban J connectivity index is 1.38. The van der Waals surface area contributed by atoms with Crippen molar-refractivity contribution in [3.05, 3.63) is 60.1 Å². The molecule has 1 atom stereocenters. The average molecular weight is 426 g/mol. The van der Waals surface area contributed by atoms with E-state index in [4.69, 9.17) is 9.15 Å². The highest BCUT2D eigenvalue weighted by Gasteiger charge is 2.31. The van der Waals surface area contributed by atoms with Crippen LogP contribution in [0, 0.1) is 5.92 Å². The summed E-state index contributed by atoms with van der Waals surface area (Å²) < 4.78 is 10.9. The van der Waals surface area contributed by atoms with Gasteiger partial charge in [-0.25, -0.2) is 0 Å². The van der Waals surface area contributed by atoms with Crippen LogP contribution in [-0.4, -0.2) is 72.5 Å². The normalized spacial score (nSPS) is 19.9. The zero-order valence-corrected chi connectivity index (χ0v) is 17.9. The van der Waals surface area contributed by atoms with Gasteiger partial charge in [0, 0.05) is 26.2 Å². The first-order valence-corrected chi connectivity index (χ1v) is 11.1. The molecule has 4 rings (SSSR count). The monoisotopic (exact) mass is 425 g/mol. The Bertz CT molecular complexity index is 834. The maximum Gasteiger partial charge on any atom is 0.237 e. The van der Waals surface area contributed by atoms with Gasteiger partial charge in [-0.1, -0.05) is 30.3 Å². The third-order valence-corrected chi connectivity index (χ3v) is 6.03. The van der Waals surface area contributed by atoms with Crippen molar-refractivity contribution in [2.45, 2.75) is 25.9 Å². The van der Waals surface area contributed by atoms with Gasteiger partial charge in [-0.3, -0.25) is 14.5 Å². The number of amides is 2. The molecule has 1 unspecified atom stereocenters. The minimum absolute atomic E-state index is 0.0349. The fourth-order valence-electron chi connectivity index (χ4n) is 4.36. The van der Waals surface area contributed by atoms with E-state index in [1.165, 1.54) is 0 Å². The predicted molar refractivity (Wildman–Crippen MR) is 116 cm³/mol. The first kappa shape index (κ1) is 21.6. The molecule has 3 heterocycles. The Kier molecular flexibility index (Phi) is 7.38. The average Bonchev–Trinajstić information content (AvgIpc) is 3.33. The minimum Gasteiger partial charge on any atom is -0.467 e. The number of hydrogen-bond acceptors (Lipinski definition) is 5. The molecule has 0 saturated carbocycles. The fraction of sp³-hybridized carbons (Fsp3) is 0.500. The third kappa shape index (κ3) is 5.95. The standard InChI is InChI=1S/C24H31N3O4/c28-23(27(18-22-9-5-13-31-22)16-20-6-2-1-3-7-20)19-25-10-4-8-21(17-25)24(29)26-11-14-30-15-12-26/h1-3,5-7,9,13,21H,4,8,10-12,14-19H2. The maximum absolute atomic E-state index is 13.3. The number of likely N-dealkylation sites (tertiary alicyclic amines) is 1. The van der Waals surface area contributed by atoms with Crippen LogP contribution in [0.5, 0.6) is 0 Å². The van der Waals surface area contributed by atoms with E-state index >= 15 is 0 Å². The van der Waals surface area contributed by atoms with E-state index in [9.17, 15) is 9.59 Å². The molecule has 0 N–H and O–H groups in total. The zero-order chi connectivity index (χ0) is 21.5. The van der Waals surface area contributed by atoms with Gasteiger partial charge in [-0.05, 0) is 37.1 Å². The van der Waals surface area contributed by atoms with Crippen LogP contribution in [-0.2, 0) is 27.4 Å². The summed E-state index contributed by atoms with van der Waals surface area (Å²) in [5, 5.41) is 0. The molecule has 1 aromatic heterocycles. The molecule has 1 aromatic carbocycles. The summed E-state index contributed by atoms with van der Waals surface area (Å²) in [6, 6.07) is 13.7. The van der Waals surface area contributed by atoms with Crippen molar-refractivity contribution in [2.24, 2.45) is 5.92 Å². The van der Waals surface area contributed by atoms with Gasteiger partial charge in [0.2, 0.25) is 11.8 Å². The second kappa shape index (κ2) is 10.6. The van der Waals surface area contributed by atoms with Gasteiger partial charge in [0.05, 0.1) is 38.5 Å². The number of piperidine rings is 1. The van der Waals surface area contributed by atoms with Crippen molar-refractivity contribution in [2.75, 3.05) is 45.9 Å².